The van der Waals surface area contributed by atoms with Gasteiger partial charge in [-0.05, 0) is 6.42 Å². The Labute approximate surface area is 54.2 Å². The zero-order chi connectivity index (χ0) is 7.28. The number of aliphatic carboxylic acids is 1. The average molecular weight is 129 g/mol. The van der Waals surface area contributed by atoms with Crippen LogP contribution in [0.4, 0.5) is 0 Å². The third-order valence-electron chi connectivity index (χ3n) is 1.08. The number of carbonyl (C=O) groups is 1. The Hall–Kier alpha value is -0.830. The topological polar surface area (TPSA) is 63.3 Å². The summed E-state index contributed by atoms with van der Waals surface area (Å²) >= 11 is 0. The molecule has 0 fully saturated rings. The van der Waals surface area contributed by atoms with Gasteiger partial charge in [-0.3, -0.25) is 4.79 Å². The smallest absolute Gasteiger partial charge is 0.308 e. The molecule has 0 heterocycles. The Morgan fingerprint density at radius 2 is 2.44 bits per heavy atom. The lowest BCUT2D eigenvalue weighted by Gasteiger charge is -2.03. The zero-order valence-electron chi connectivity index (χ0n) is 5.21. The summed E-state index contributed by atoms with van der Waals surface area (Å²) in [6.07, 6.45) is 2.01. The fourth-order valence-electron chi connectivity index (χ4n) is 0.499. The number of carboxylic acids is 1. The second-order valence-electron chi connectivity index (χ2n) is 1.80. The Kier molecular flexibility index (Phi) is 3.71. The summed E-state index contributed by atoms with van der Waals surface area (Å²) in [5.74, 6) is -1.31. The predicted molar refractivity (Wildman–Crippen MR) is 35.0 cm³/mol. The van der Waals surface area contributed by atoms with Crippen LogP contribution in [0.2, 0.25) is 0 Å². The quantitative estimate of drug-likeness (QED) is 0.534. The minimum atomic E-state index is -0.850. The van der Waals surface area contributed by atoms with Gasteiger partial charge in [0, 0.05) is 6.54 Å². The van der Waals surface area contributed by atoms with E-state index in [0.717, 1.165) is 0 Å². The molecule has 0 rings (SSSR count). The van der Waals surface area contributed by atoms with Gasteiger partial charge in [-0.25, -0.2) is 0 Å². The Morgan fingerprint density at radius 3 is 2.56 bits per heavy atom. The second kappa shape index (κ2) is 4.09. The maximum absolute atomic E-state index is 10.2. The first-order valence-corrected chi connectivity index (χ1v) is 2.76. The molecule has 0 amide bonds. The van der Waals surface area contributed by atoms with Gasteiger partial charge in [0.25, 0.3) is 0 Å². The average Bonchev–Trinajstić information content (AvgIpc) is 1.82. The van der Waals surface area contributed by atoms with E-state index in [0.29, 0.717) is 6.42 Å². The fourth-order valence-corrected chi connectivity index (χ4v) is 0.499. The highest BCUT2D eigenvalue weighted by Crippen LogP contribution is 1.99. The minimum Gasteiger partial charge on any atom is -0.481 e. The summed E-state index contributed by atoms with van der Waals surface area (Å²) in [7, 11) is 0. The van der Waals surface area contributed by atoms with Crippen molar-refractivity contribution in [3.63, 3.8) is 0 Å². The van der Waals surface area contributed by atoms with E-state index in [1.165, 1.54) is 0 Å². The number of allylic oxidation sites excluding steroid dienone is 1. The first-order chi connectivity index (χ1) is 4.22. The van der Waals surface area contributed by atoms with E-state index < -0.39 is 11.9 Å². The van der Waals surface area contributed by atoms with Gasteiger partial charge in [0.15, 0.2) is 0 Å². The molecule has 0 aliphatic heterocycles. The van der Waals surface area contributed by atoms with Crippen LogP contribution in [0.1, 0.15) is 6.42 Å². The van der Waals surface area contributed by atoms with Crippen molar-refractivity contribution in [2.45, 2.75) is 6.42 Å². The molecule has 0 saturated carbocycles. The summed E-state index contributed by atoms with van der Waals surface area (Å²) < 4.78 is 0. The third-order valence-corrected chi connectivity index (χ3v) is 1.08. The van der Waals surface area contributed by atoms with Gasteiger partial charge in [0.1, 0.15) is 0 Å². The number of hydrogen-bond acceptors (Lipinski definition) is 2. The van der Waals surface area contributed by atoms with E-state index in [2.05, 4.69) is 6.58 Å². The molecule has 0 saturated heterocycles. The van der Waals surface area contributed by atoms with Crippen LogP contribution >= 0.6 is 0 Å². The molecule has 0 spiro atoms. The van der Waals surface area contributed by atoms with Crippen LogP contribution in [0.5, 0.6) is 0 Å². The van der Waals surface area contributed by atoms with Crippen molar-refractivity contribution < 1.29 is 9.90 Å². The molecule has 0 aliphatic carbocycles. The second-order valence-corrected chi connectivity index (χ2v) is 1.80. The van der Waals surface area contributed by atoms with Gasteiger partial charge in [-0.15, -0.1) is 6.58 Å². The largest absolute Gasteiger partial charge is 0.481 e. The van der Waals surface area contributed by atoms with E-state index >= 15 is 0 Å². The van der Waals surface area contributed by atoms with Crippen LogP contribution < -0.4 is 5.73 Å². The molecule has 0 bridgehead atoms. The minimum absolute atomic E-state index is 0.182. The molecule has 3 heteroatoms. The summed E-state index contributed by atoms with van der Waals surface area (Å²) in [5, 5.41) is 8.38. The van der Waals surface area contributed by atoms with E-state index in [4.69, 9.17) is 10.8 Å². The Bertz CT molecular complexity index is 112. The Balaban J connectivity index is 3.67. The van der Waals surface area contributed by atoms with Crippen LogP contribution in [0, 0.1) is 5.92 Å². The van der Waals surface area contributed by atoms with Crippen molar-refractivity contribution in [1.82, 2.24) is 0 Å². The van der Waals surface area contributed by atoms with Crippen molar-refractivity contribution >= 4 is 5.97 Å². The number of nitrogens with two attached hydrogens (primary N) is 1. The lowest BCUT2D eigenvalue weighted by atomic mass is 10.1. The standard InChI is InChI=1S/C6H11NO2/c1-2-3-5(4-7)6(8)9/h2,5H,1,3-4,7H2,(H,8,9)/t5-/m0/s1. The van der Waals surface area contributed by atoms with E-state index in [-0.39, 0.29) is 6.54 Å². The molecule has 9 heavy (non-hydrogen) atoms. The van der Waals surface area contributed by atoms with E-state index in [1.54, 1.807) is 6.08 Å². The van der Waals surface area contributed by atoms with Crippen molar-refractivity contribution in [3.8, 4) is 0 Å². The van der Waals surface area contributed by atoms with Gasteiger partial charge >= 0.3 is 5.97 Å². The number of carboxylic acid groups (broad SMARTS) is 1. The molecular weight excluding hydrogens is 118 g/mol. The molecule has 0 radical (unpaired) electrons. The molecule has 0 aromatic rings. The molecule has 0 aliphatic rings. The maximum atomic E-state index is 10.2. The first-order valence-electron chi connectivity index (χ1n) is 2.76. The highest BCUT2D eigenvalue weighted by Gasteiger charge is 2.11. The van der Waals surface area contributed by atoms with Crippen LogP contribution in [-0.2, 0) is 4.79 Å². The maximum Gasteiger partial charge on any atom is 0.308 e. The van der Waals surface area contributed by atoms with Crippen molar-refractivity contribution in [3.05, 3.63) is 12.7 Å². The highest BCUT2D eigenvalue weighted by molar-refractivity contribution is 5.70. The molecule has 0 aromatic carbocycles. The molecular formula is C6H11NO2. The van der Waals surface area contributed by atoms with Crippen LogP contribution in [-0.4, -0.2) is 17.6 Å². The summed E-state index contributed by atoms with van der Waals surface area (Å²) in [4.78, 5) is 10.2. The monoisotopic (exact) mass is 129 g/mol. The number of rotatable bonds is 4. The van der Waals surface area contributed by atoms with Crippen molar-refractivity contribution in [1.29, 1.82) is 0 Å². The van der Waals surface area contributed by atoms with Crippen molar-refractivity contribution in [2.24, 2.45) is 11.7 Å². The summed E-state index contributed by atoms with van der Waals surface area (Å²) in [5.41, 5.74) is 5.13. The molecule has 52 valence electrons. The predicted octanol–water partition coefficient (Wildman–Crippen LogP) is 0.222. The lowest BCUT2D eigenvalue weighted by Crippen LogP contribution is -2.22. The molecule has 3 nitrogen and oxygen atoms in total. The van der Waals surface area contributed by atoms with Crippen LogP contribution in [0.25, 0.3) is 0 Å². The third kappa shape index (κ3) is 2.87. The fraction of sp³-hybridized carbons (Fsp3) is 0.500. The normalized spacial score (nSPS) is 12.6. The van der Waals surface area contributed by atoms with Gasteiger partial charge in [0.2, 0.25) is 0 Å². The number of hydrogen-bond donors (Lipinski definition) is 2. The van der Waals surface area contributed by atoms with Crippen LogP contribution in [0.15, 0.2) is 12.7 Å². The summed E-state index contributed by atoms with van der Waals surface area (Å²) in [6.45, 7) is 3.59. The zero-order valence-corrected chi connectivity index (χ0v) is 5.21. The lowest BCUT2D eigenvalue weighted by molar-refractivity contribution is -0.141. The molecule has 0 unspecified atom stereocenters. The van der Waals surface area contributed by atoms with Gasteiger partial charge in [-0.2, -0.15) is 0 Å². The van der Waals surface area contributed by atoms with E-state index in [1.807, 2.05) is 0 Å². The van der Waals surface area contributed by atoms with Gasteiger partial charge in [0.05, 0.1) is 5.92 Å². The SMILES string of the molecule is C=CC[C@@H](CN)C(=O)O. The molecule has 0 aromatic heterocycles. The summed E-state index contributed by atoms with van der Waals surface area (Å²) in [6, 6.07) is 0. The highest BCUT2D eigenvalue weighted by atomic mass is 16.4. The van der Waals surface area contributed by atoms with Gasteiger partial charge in [-0.1, -0.05) is 6.08 Å². The molecule has 1 atom stereocenters. The first kappa shape index (κ1) is 8.17. The Morgan fingerprint density at radius 1 is 1.89 bits per heavy atom. The van der Waals surface area contributed by atoms with E-state index in [9.17, 15) is 4.79 Å². The van der Waals surface area contributed by atoms with Gasteiger partial charge < -0.3 is 10.8 Å². The van der Waals surface area contributed by atoms with Crippen molar-refractivity contribution in [2.75, 3.05) is 6.54 Å². The molecule has 3 N–H and O–H groups in total. The van der Waals surface area contributed by atoms with Crippen LogP contribution in [0.3, 0.4) is 0 Å².